The Morgan fingerprint density at radius 3 is 2.07 bits per heavy atom. The topological polar surface area (TPSA) is 78.9 Å². The van der Waals surface area contributed by atoms with Crippen molar-refractivity contribution in [2.45, 2.75) is 85.9 Å². The molecule has 1 spiro atoms. The van der Waals surface area contributed by atoms with Crippen LogP contribution in [-0.2, 0) is 28.8 Å². The molecule has 3 aromatic rings. The van der Waals surface area contributed by atoms with Crippen molar-refractivity contribution in [3.8, 4) is 0 Å². The molecule has 0 radical (unpaired) electrons. The van der Waals surface area contributed by atoms with Gasteiger partial charge in [0, 0.05) is 12.8 Å². The first-order valence-electron chi connectivity index (χ1n) is 15.6. The number of sulfone groups is 1. The highest BCUT2D eigenvalue weighted by atomic mass is 32.2. The fourth-order valence-corrected chi connectivity index (χ4v) is 8.65. The maximum Gasteiger partial charge on any atom is 0.338 e. The molecule has 4 fully saturated rings. The van der Waals surface area contributed by atoms with E-state index in [1.165, 1.54) is 0 Å². The summed E-state index contributed by atoms with van der Waals surface area (Å²) >= 11 is 0. The normalized spacial score (nSPS) is 25.2. The summed E-state index contributed by atoms with van der Waals surface area (Å²) in [6.07, 6.45) is 7.06. The minimum Gasteiger partial charge on any atom is -0.462 e. The van der Waals surface area contributed by atoms with Gasteiger partial charge in [-0.05, 0) is 85.3 Å². The number of esters is 1. The predicted molar refractivity (Wildman–Crippen MR) is 164 cm³/mol. The van der Waals surface area contributed by atoms with Crippen molar-refractivity contribution < 1.29 is 27.4 Å². The van der Waals surface area contributed by atoms with Crippen molar-refractivity contribution in [3.05, 3.63) is 107 Å². The third-order valence-corrected chi connectivity index (χ3v) is 11.5. The van der Waals surface area contributed by atoms with Crippen LogP contribution in [-0.4, -0.2) is 32.0 Å². The highest BCUT2D eigenvalue weighted by Crippen LogP contribution is 2.55. The average Bonchev–Trinajstić information content (AvgIpc) is 3.97. The van der Waals surface area contributed by atoms with Gasteiger partial charge in [-0.1, -0.05) is 72.8 Å². The predicted octanol–water partition coefficient (Wildman–Crippen LogP) is 7.47. The third-order valence-electron chi connectivity index (χ3n) is 9.19. The van der Waals surface area contributed by atoms with E-state index in [4.69, 9.17) is 14.2 Å². The lowest BCUT2D eigenvalue weighted by Gasteiger charge is -2.23. The van der Waals surface area contributed by atoms with Crippen LogP contribution in [0.25, 0.3) is 5.57 Å². The monoisotopic (exact) mass is 598 g/mol. The van der Waals surface area contributed by atoms with Gasteiger partial charge in [0.25, 0.3) is 0 Å². The molecular weight excluding hydrogens is 560 g/mol. The Kier molecular flexibility index (Phi) is 7.52. The number of ether oxygens (including phenoxy) is 3. The zero-order valence-electron chi connectivity index (χ0n) is 24.5. The molecule has 0 aromatic heterocycles. The minimum absolute atomic E-state index is 0.0320. The summed E-state index contributed by atoms with van der Waals surface area (Å²) in [5, 5.41) is -0.267. The maximum atomic E-state index is 13.3. The Morgan fingerprint density at radius 1 is 0.884 bits per heavy atom. The van der Waals surface area contributed by atoms with Gasteiger partial charge in [0.1, 0.15) is 12.2 Å². The van der Waals surface area contributed by atoms with Gasteiger partial charge in [-0.25, -0.2) is 13.2 Å². The minimum atomic E-state index is -3.34. The van der Waals surface area contributed by atoms with Crippen LogP contribution in [0, 0.1) is 5.92 Å². The highest BCUT2D eigenvalue weighted by molar-refractivity contribution is 7.92. The number of benzene rings is 3. The summed E-state index contributed by atoms with van der Waals surface area (Å²) in [4.78, 5) is 13.8. The molecule has 4 aliphatic rings. The van der Waals surface area contributed by atoms with Gasteiger partial charge in [0.2, 0.25) is 0 Å². The number of allylic oxidation sites excluding steroid dienone is 1. The van der Waals surface area contributed by atoms with E-state index in [9.17, 15) is 13.2 Å². The zero-order valence-corrected chi connectivity index (χ0v) is 25.3. The summed E-state index contributed by atoms with van der Waals surface area (Å²) in [5.41, 5.74) is 4.20. The first-order valence-corrected chi connectivity index (χ1v) is 17.1. The number of rotatable bonds is 9. The molecule has 3 aliphatic carbocycles. The van der Waals surface area contributed by atoms with E-state index in [1.807, 2.05) is 48.5 Å². The van der Waals surface area contributed by atoms with Crippen LogP contribution in [0.2, 0.25) is 0 Å². The van der Waals surface area contributed by atoms with Gasteiger partial charge in [0.05, 0.1) is 22.3 Å². The molecule has 3 aromatic carbocycles. The van der Waals surface area contributed by atoms with E-state index in [0.717, 1.165) is 48.8 Å². The van der Waals surface area contributed by atoms with Crippen molar-refractivity contribution in [1.29, 1.82) is 0 Å². The second-order valence-electron chi connectivity index (χ2n) is 12.4. The first kappa shape index (κ1) is 28.5. The number of carbonyl (C=O) groups excluding carboxylic acids is 1. The molecule has 0 amide bonds. The molecule has 0 bridgehead atoms. The van der Waals surface area contributed by atoms with E-state index in [1.54, 1.807) is 19.1 Å². The number of hydrogen-bond acceptors (Lipinski definition) is 6. The van der Waals surface area contributed by atoms with E-state index >= 15 is 0 Å². The largest absolute Gasteiger partial charge is 0.462 e. The Morgan fingerprint density at radius 2 is 1.51 bits per heavy atom. The summed E-state index contributed by atoms with van der Waals surface area (Å²) in [7, 11) is -3.34. The van der Waals surface area contributed by atoms with E-state index in [-0.39, 0.29) is 41.9 Å². The molecule has 7 heteroatoms. The van der Waals surface area contributed by atoms with Crippen LogP contribution in [0.4, 0.5) is 0 Å². The zero-order chi connectivity index (χ0) is 29.6. The van der Waals surface area contributed by atoms with E-state index in [2.05, 4.69) is 24.3 Å². The van der Waals surface area contributed by atoms with Crippen LogP contribution in [0.15, 0.2) is 89.8 Å². The number of carbonyl (C=O) groups is 1. The fraction of sp³-hybridized carbons (Fsp3) is 0.417. The van der Waals surface area contributed by atoms with Crippen LogP contribution in [0.1, 0.15) is 92.2 Å². The molecule has 3 atom stereocenters. The van der Waals surface area contributed by atoms with Gasteiger partial charge in [0.15, 0.2) is 15.6 Å². The molecule has 224 valence electrons. The Bertz CT molecular complexity index is 1580. The van der Waals surface area contributed by atoms with Crippen LogP contribution >= 0.6 is 0 Å². The lowest BCUT2D eigenvalue weighted by atomic mass is 9.96. The Hall–Kier alpha value is -3.26. The van der Waals surface area contributed by atoms with Crippen LogP contribution in [0.5, 0.6) is 0 Å². The summed E-state index contributed by atoms with van der Waals surface area (Å²) in [6, 6.07) is 25.9. The molecular formula is C36H38O6S. The highest BCUT2D eigenvalue weighted by Gasteiger charge is 2.52. The fourth-order valence-electron chi connectivity index (χ4n) is 6.72. The van der Waals surface area contributed by atoms with Crippen molar-refractivity contribution >= 4 is 21.4 Å². The van der Waals surface area contributed by atoms with Crippen LogP contribution in [0.3, 0.4) is 0 Å². The van der Waals surface area contributed by atoms with Crippen molar-refractivity contribution in [3.63, 3.8) is 0 Å². The second kappa shape index (κ2) is 11.3. The molecule has 0 unspecified atom stereocenters. The summed E-state index contributed by atoms with van der Waals surface area (Å²) in [5.74, 6) is -0.888. The molecule has 1 saturated heterocycles. The Labute approximate surface area is 254 Å². The first-order chi connectivity index (χ1) is 20.9. The maximum absolute atomic E-state index is 13.3. The summed E-state index contributed by atoms with van der Waals surface area (Å²) < 4.78 is 45.5. The van der Waals surface area contributed by atoms with Gasteiger partial charge in [-0.15, -0.1) is 0 Å². The lowest BCUT2D eigenvalue weighted by molar-refractivity contribution is -0.172. The van der Waals surface area contributed by atoms with Gasteiger partial charge in [-0.2, -0.15) is 0 Å². The van der Waals surface area contributed by atoms with Crippen molar-refractivity contribution in [1.82, 2.24) is 0 Å². The number of hydrogen-bond donors (Lipinski definition) is 0. The second-order valence-corrected chi connectivity index (χ2v) is 14.6. The quantitative estimate of drug-likeness (QED) is 0.188. The molecule has 0 N–H and O–H groups in total. The molecule has 43 heavy (non-hydrogen) atoms. The van der Waals surface area contributed by atoms with E-state index in [0.29, 0.717) is 28.9 Å². The van der Waals surface area contributed by atoms with Crippen LogP contribution < -0.4 is 0 Å². The van der Waals surface area contributed by atoms with Gasteiger partial charge < -0.3 is 14.2 Å². The lowest BCUT2D eigenvalue weighted by Crippen LogP contribution is -2.26. The smallest absolute Gasteiger partial charge is 0.338 e. The molecule has 1 aliphatic heterocycles. The van der Waals surface area contributed by atoms with E-state index < -0.39 is 15.6 Å². The molecule has 3 saturated carbocycles. The SMILES string of the molecule is CCOC(=O)/C(=C/[C@@H]1CCC2(C1)O[C@@H](c1ccccc1)[C@H](c1ccccc1)O2)c1ccc(S(=O)(=O)C2CC2)c(C2CC2)c1. The van der Waals surface area contributed by atoms with Crippen molar-refractivity contribution in [2.24, 2.45) is 5.92 Å². The third kappa shape index (κ3) is 5.70. The summed E-state index contributed by atoms with van der Waals surface area (Å²) in [6.45, 7) is 2.06. The molecule has 6 nitrogen and oxygen atoms in total. The molecule has 1 heterocycles. The standard InChI is InChI=1S/C36H38O6S/c1-2-40-35(37)31(28-15-18-32(30(22-28)25-13-14-25)43(38,39)29-16-17-29)21-24-19-20-36(23-24)41-33(26-9-5-3-6-10-26)34(42-36)27-11-7-4-8-12-27/h3-12,15,18,21-22,24-25,29,33-34H,2,13-14,16-17,19-20,23H2,1H3/b31-21+/t24-,33-,34-/m0/s1. The van der Waals surface area contributed by atoms with Gasteiger partial charge in [-0.3, -0.25) is 0 Å². The Balaban J connectivity index is 1.19. The van der Waals surface area contributed by atoms with Crippen molar-refractivity contribution in [2.75, 3.05) is 6.61 Å². The van der Waals surface area contributed by atoms with Gasteiger partial charge >= 0.3 is 5.97 Å². The molecule has 7 rings (SSSR count). The average molecular weight is 599 g/mol.